The summed E-state index contributed by atoms with van der Waals surface area (Å²) in [6, 6.07) is 16.5. The summed E-state index contributed by atoms with van der Waals surface area (Å²) in [6.45, 7) is 3.87. The average Bonchev–Trinajstić information content (AvgIpc) is 3.64. The number of hydrogen-bond acceptors (Lipinski definition) is 7. The Morgan fingerprint density at radius 3 is 2.88 bits per heavy atom. The summed E-state index contributed by atoms with van der Waals surface area (Å²) in [4.78, 5) is 28.5. The highest BCUT2D eigenvalue weighted by Crippen LogP contribution is 2.28. The van der Waals surface area contributed by atoms with Crippen molar-refractivity contribution in [3.8, 4) is 11.4 Å². The van der Waals surface area contributed by atoms with Crippen LogP contribution in [0.15, 0.2) is 60.9 Å². The van der Waals surface area contributed by atoms with Crippen LogP contribution in [-0.4, -0.2) is 68.2 Å². The number of anilines is 2. The molecular formula is C31H33N7O2. The lowest BCUT2D eigenvalue weighted by Crippen LogP contribution is -2.45. The number of ether oxygens (including phenoxy) is 1. The third-order valence-electron chi connectivity index (χ3n) is 8.28. The molecule has 0 aliphatic carbocycles. The molecule has 1 atom stereocenters. The van der Waals surface area contributed by atoms with Crippen molar-refractivity contribution >= 4 is 39.1 Å². The Kier molecular flexibility index (Phi) is 6.75. The van der Waals surface area contributed by atoms with Crippen molar-refractivity contribution in [2.45, 2.75) is 38.1 Å². The normalized spacial score (nSPS) is 18.9. The number of aromatic amines is 2. The molecule has 2 aliphatic rings. The highest BCUT2D eigenvalue weighted by Gasteiger charge is 2.28. The van der Waals surface area contributed by atoms with E-state index in [-0.39, 0.29) is 5.78 Å². The fourth-order valence-corrected chi connectivity index (χ4v) is 6.17. The number of carbonyl (C=O) groups excluding carboxylic acids is 1. The largest absolute Gasteiger partial charge is 0.381 e. The molecule has 2 aliphatic heterocycles. The van der Waals surface area contributed by atoms with E-state index < -0.39 is 0 Å². The highest BCUT2D eigenvalue weighted by molar-refractivity contribution is 6.00. The van der Waals surface area contributed by atoms with Gasteiger partial charge in [0.1, 0.15) is 5.82 Å². The Morgan fingerprint density at radius 1 is 1.02 bits per heavy atom. The average molecular weight is 536 g/mol. The fraction of sp³-hybridized carbons (Fsp3) is 0.355. The molecule has 0 radical (unpaired) electrons. The number of nitrogens with one attached hydrogen (secondary N) is 3. The minimum Gasteiger partial charge on any atom is -0.381 e. The summed E-state index contributed by atoms with van der Waals surface area (Å²) in [5.41, 5.74) is 4.40. The van der Waals surface area contributed by atoms with Crippen molar-refractivity contribution in [3.63, 3.8) is 0 Å². The van der Waals surface area contributed by atoms with E-state index in [1.807, 2.05) is 48.5 Å². The second kappa shape index (κ2) is 10.8. The molecule has 7 rings (SSSR count). The van der Waals surface area contributed by atoms with Crippen molar-refractivity contribution < 1.29 is 9.53 Å². The standard InChI is InChI=1S/C31H33N7O2/c39-29(14-20-2-1-11-38(19-20)25-8-12-40-13-9-25)28-16-21-3-4-22(17-27(21)35-28)31-32-10-7-30(36-31)34-24-5-6-26-23(15-24)18-33-37-26/h3-7,10,15-18,20,25,35H,1-2,8-9,11-14,19H2,(H,33,37)(H,32,34,36). The zero-order valence-corrected chi connectivity index (χ0v) is 22.4. The van der Waals surface area contributed by atoms with Crippen LogP contribution in [0.1, 0.15) is 42.6 Å². The van der Waals surface area contributed by atoms with E-state index in [0.717, 1.165) is 85.0 Å². The second-order valence-corrected chi connectivity index (χ2v) is 11.0. The van der Waals surface area contributed by atoms with E-state index >= 15 is 0 Å². The number of fused-ring (bicyclic) bond motifs is 2. The molecule has 0 bridgehead atoms. The predicted molar refractivity (Wildman–Crippen MR) is 156 cm³/mol. The number of benzene rings is 2. The van der Waals surface area contributed by atoms with Gasteiger partial charge in [-0.05, 0) is 74.5 Å². The van der Waals surface area contributed by atoms with E-state index in [0.29, 0.717) is 35.7 Å². The molecule has 40 heavy (non-hydrogen) atoms. The maximum Gasteiger partial charge on any atom is 0.179 e. The lowest BCUT2D eigenvalue weighted by Gasteiger charge is -2.39. The van der Waals surface area contributed by atoms with Gasteiger partial charge in [-0.1, -0.05) is 12.1 Å². The molecule has 2 saturated heterocycles. The third kappa shape index (κ3) is 5.22. The Morgan fingerprint density at radius 2 is 1.95 bits per heavy atom. The number of ketones is 1. The first-order valence-corrected chi connectivity index (χ1v) is 14.2. The lowest BCUT2D eigenvalue weighted by molar-refractivity contribution is 0.0170. The van der Waals surface area contributed by atoms with E-state index in [9.17, 15) is 4.79 Å². The minimum absolute atomic E-state index is 0.189. The molecule has 5 heterocycles. The van der Waals surface area contributed by atoms with Crippen LogP contribution in [0.25, 0.3) is 33.2 Å². The van der Waals surface area contributed by atoms with Crippen molar-refractivity contribution in [1.82, 2.24) is 30.0 Å². The molecule has 9 nitrogen and oxygen atoms in total. The van der Waals surface area contributed by atoms with E-state index in [2.05, 4.69) is 30.4 Å². The Labute approximate surface area is 232 Å². The van der Waals surface area contributed by atoms with Gasteiger partial charge in [-0.15, -0.1) is 0 Å². The number of rotatable bonds is 7. The smallest absolute Gasteiger partial charge is 0.179 e. The van der Waals surface area contributed by atoms with Gasteiger partial charge in [0.05, 0.1) is 17.4 Å². The molecule has 204 valence electrons. The van der Waals surface area contributed by atoms with Crippen molar-refractivity contribution in [2.24, 2.45) is 5.92 Å². The van der Waals surface area contributed by atoms with Gasteiger partial charge in [-0.25, -0.2) is 9.97 Å². The minimum atomic E-state index is 0.189. The van der Waals surface area contributed by atoms with Crippen LogP contribution in [0.3, 0.4) is 0 Å². The highest BCUT2D eigenvalue weighted by atomic mass is 16.5. The zero-order valence-electron chi connectivity index (χ0n) is 22.4. The lowest BCUT2D eigenvalue weighted by atomic mass is 9.90. The monoisotopic (exact) mass is 535 g/mol. The summed E-state index contributed by atoms with van der Waals surface area (Å²) in [6.07, 6.45) is 8.63. The van der Waals surface area contributed by atoms with Crippen LogP contribution in [-0.2, 0) is 4.74 Å². The number of likely N-dealkylation sites (tertiary alicyclic amines) is 1. The molecule has 3 aromatic heterocycles. The molecule has 0 saturated carbocycles. The number of carbonyl (C=O) groups is 1. The number of piperidine rings is 1. The van der Waals surface area contributed by atoms with Crippen molar-refractivity contribution in [3.05, 3.63) is 66.6 Å². The third-order valence-corrected chi connectivity index (χ3v) is 8.28. The van der Waals surface area contributed by atoms with Gasteiger partial charge in [0, 0.05) is 66.0 Å². The Hall–Kier alpha value is -4.08. The van der Waals surface area contributed by atoms with E-state index in [4.69, 9.17) is 9.72 Å². The van der Waals surface area contributed by atoms with Gasteiger partial charge in [0.15, 0.2) is 11.6 Å². The summed E-state index contributed by atoms with van der Waals surface area (Å²) in [5.74, 6) is 1.92. The van der Waals surface area contributed by atoms with Gasteiger partial charge in [0.2, 0.25) is 0 Å². The van der Waals surface area contributed by atoms with Crippen LogP contribution in [0.5, 0.6) is 0 Å². The molecule has 2 fully saturated rings. The maximum atomic E-state index is 13.3. The summed E-state index contributed by atoms with van der Waals surface area (Å²) in [7, 11) is 0. The topological polar surface area (TPSA) is 112 Å². The molecule has 0 spiro atoms. The van der Waals surface area contributed by atoms with E-state index in [1.165, 1.54) is 0 Å². The number of hydrogen-bond donors (Lipinski definition) is 3. The molecule has 0 amide bonds. The number of H-pyrrole nitrogens is 2. The number of aromatic nitrogens is 5. The number of Topliss-reactive ketones (excluding diaryl/α,β-unsaturated/α-hetero) is 1. The zero-order chi connectivity index (χ0) is 26.9. The first kappa shape index (κ1) is 24.9. The summed E-state index contributed by atoms with van der Waals surface area (Å²) >= 11 is 0. The van der Waals surface area contributed by atoms with Crippen LogP contribution in [0, 0.1) is 5.92 Å². The first-order chi connectivity index (χ1) is 19.7. The van der Waals surface area contributed by atoms with Crippen molar-refractivity contribution in [2.75, 3.05) is 31.6 Å². The SMILES string of the molecule is O=C(CC1CCCN(C2CCOCC2)C1)c1cc2ccc(-c3nccc(Nc4ccc5[nH]ncc5c4)n3)cc2[nH]1. The van der Waals surface area contributed by atoms with Gasteiger partial charge in [-0.3, -0.25) is 14.8 Å². The Bertz CT molecular complexity index is 1650. The van der Waals surface area contributed by atoms with Gasteiger partial charge >= 0.3 is 0 Å². The van der Waals surface area contributed by atoms with Crippen LogP contribution in [0.2, 0.25) is 0 Å². The molecule has 1 unspecified atom stereocenters. The van der Waals surface area contributed by atoms with E-state index in [1.54, 1.807) is 12.4 Å². The molecular weight excluding hydrogens is 502 g/mol. The predicted octanol–water partition coefficient (Wildman–Crippen LogP) is 5.71. The van der Waals surface area contributed by atoms with Crippen molar-refractivity contribution in [1.29, 1.82) is 0 Å². The number of nitrogens with zero attached hydrogens (tertiary/aromatic N) is 4. The fourth-order valence-electron chi connectivity index (χ4n) is 6.17. The van der Waals surface area contributed by atoms with Crippen LogP contribution in [0.4, 0.5) is 11.5 Å². The second-order valence-electron chi connectivity index (χ2n) is 11.0. The van der Waals surface area contributed by atoms with Crippen LogP contribution < -0.4 is 5.32 Å². The molecule has 3 N–H and O–H groups in total. The quantitative estimate of drug-likeness (QED) is 0.229. The first-order valence-electron chi connectivity index (χ1n) is 14.2. The van der Waals surface area contributed by atoms with Gasteiger partial charge < -0.3 is 15.0 Å². The van der Waals surface area contributed by atoms with Gasteiger partial charge in [0.25, 0.3) is 0 Å². The Balaban J connectivity index is 1.05. The van der Waals surface area contributed by atoms with Gasteiger partial charge in [-0.2, -0.15) is 5.10 Å². The van der Waals surface area contributed by atoms with Crippen LogP contribution >= 0.6 is 0 Å². The molecule has 2 aromatic carbocycles. The molecule has 9 heteroatoms. The summed E-state index contributed by atoms with van der Waals surface area (Å²) in [5, 5.41) is 12.5. The summed E-state index contributed by atoms with van der Waals surface area (Å²) < 4.78 is 5.55. The maximum absolute atomic E-state index is 13.3. The molecule has 5 aromatic rings.